The van der Waals surface area contributed by atoms with Crippen LogP contribution < -0.4 is 4.74 Å². The molecule has 0 spiro atoms. The van der Waals surface area contributed by atoms with Gasteiger partial charge in [-0.2, -0.15) is 13.2 Å². The van der Waals surface area contributed by atoms with Gasteiger partial charge in [0.2, 0.25) is 0 Å². The fraction of sp³-hybridized carbons (Fsp3) is 0.571. The molecule has 1 unspecified atom stereocenters. The van der Waals surface area contributed by atoms with Gasteiger partial charge in [-0.15, -0.1) is 0 Å². The Morgan fingerprint density at radius 3 is 2.39 bits per heavy atom. The second-order valence-electron chi connectivity index (χ2n) is 13.7. The Hall–Kier alpha value is -2.91. The molecule has 0 amide bonds. The van der Waals surface area contributed by atoms with Crippen molar-refractivity contribution in [1.29, 1.82) is 0 Å². The van der Waals surface area contributed by atoms with Gasteiger partial charge in [-0.3, -0.25) is 9.69 Å². The van der Waals surface area contributed by atoms with E-state index in [9.17, 15) is 23.1 Å². The predicted molar refractivity (Wildman–Crippen MR) is 163 cm³/mol. The van der Waals surface area contributed by atoms with Gasteiger partial charge in [0.1, 0.15) is 11.6 Å². The van der Waals surface area contributed by atoms with Gasteiger partial charge < -0.3 is 14.6 Å². The molecule has 2 aromatic carbocycles. The smallest absolute Gasteiger partial charge is 0.395 e. The van der Waals surface area contributed by atoms with Crippen LogP contribution in [0.5, 0.6) is 5.75 Å². The van der Waals surface area contributed by atoms with Crippen LogP contribution in [0.3, 0.4) is 0 Å². The molecule has 0 bridgehead atoms. The number of ether oxygens (including phenoxy) is 2. The molecule has 5 nitrogen and oxygen atoms in total. The van der Waals surface area contributed by atoms with E-state index in [2.05, 4.69) is 0 Å². The van der Waals surface area contributed by atoms with Gasteiger partial charge in [0.05, 0.1) is 24.0 Å². The second-order valence-corrected chi connectivity index (χ2v) is 13.7. The van der Waals surface area contributed by atoms with Crippen LogP contribution in [-0.2, 0) is 21.5 Å². The number of carboxylic acids is 1. The third-order valence-corrected chi connectivity index (χ3v) is 9.38. The van der Waals surface area contributed by atoms with Gasteiger partial charge >= 0.3 is 12.1 Å². The summed E-state index contributed by atoms with van der Waals surface area (Å²) in [7, 11) is 1.61. The van der Waals surface area contributed by atoms with E-state index in [1.165, 1.54) is 19.9 Å². The van der Waals surface area contributed by atoms with E-state index in [1.54, 1.807) is 30.2 Å². The largest absolute Gasteiger partial charge is 0.497 e. The van der Waals surface area contributed by atoms with E-state index in [-0.39, 0.29) is 18.5 Å². The molecule has 44 heavy (non-hydrogen) atoms. The first-order valence-corrected chi connectivity index (χ1v) is 15.3. The number of aliphatic carboxylic acids is 1. The molecule has 0 saturated carbocycles. The Bertz CT molecular complexity index is 1340. The highest BCUT2D eigenvalue weighted by Crippen LogP contribution is 2.45. The lowest BCUT2D eigenvalue weighted by molar-refractivity contribution is -0.217. The molecule has 4 rings (SSSR count). The van der Waals surface area contributed by atoms with Crippen molar-refractivity contribution in [1.82, 2.24) is 4.90 Å². The van der Waals surface area contributed by atoms with Gasteiger partial charge in [-0.05, 0) is 108 Å². The summed E-state index contributed by atoms with van der Waals surface area (Å²) in [6, 6.07) is 12.8. The number of allylic oxidation sites excluding steroid dienone is 2. The first-order valence-electron chi connectivity index (χ1n) is 15.3. The molecule has 1 fully saturated rings. The molecule has 1 heterocycles. The standard InChI is InChI=1S/C35H45F4NO4/c1-32(2,35(37,38)39)23-40(21-24-6-15-29(30(36)20-24)25-7-9-26(10-8-25)31(41)42)18-16-34(17-19-44-33(3,4)22-34)27-11-13-28(43-5)14-12-27/h6-7,11-15,20,26H,8-10,16-19,21-23H2,1-5H3,(H,41,42)/t26?,34-/m1/s1. The number of hydrogen-bond acceptors (Lipinski definition) is 4. The minimum Gasteiger partial charge on any atom is -0.497 e. The number of nitrogens with zero attached hydrogens (tertiary/aromatic N) is 1. The molecule has 2 atom stereocenters. The summed E-state index contributed by atoms with van der Waals surface area (Å²) < 4.78 is 69.0. The maximum absolute atomic E-state index is 15.4. The number of halogens is 4. The average molecular weight is 620 g/mol. The zero-order chi connectivity index (χ0) is 32.3. The van der Waals surface area contributed by atoms with Crippen LogP contribution in [0.4, 0.5) is 17.6 Å². The molecule has 1 N–H and O–H groups in total. The summed E-state index contributed by atoms with van der Waals surface area (Å²) in [5.74, 6) is -1.02. The number of alkyl halides is 3. The van der Waals surface area contributed by atoms with Crippen molar-refractivity contribution in [2.75, 3.05) is 26.8 Å². The minimum atomic E-state index is -4.41. The minimum absolute atomic E-state index is 0.162. The first kappa shape index (κ1) is 34.0. The molecule has 242 valence electrons. The number of methoxy groups -OCH3 is 1. The lowest BCUT2D eigenvalue weighted by Gasteiger charge is -2.46. The van der Waals surface area contributed by atoms with Crippen molar-refractivity contribution >= 4 is 11.5 Å². The zero-order valence-corrected chi connectivity index (χ0v) is 26.4. The van der Waals surface area contributed by atoms with E-state index < -0.39 is 34.9 Å². The van der Waals surface area contributed by atoms with E-state index in [1.807, 2.05) is 38.1 Å². The molecule has 1 aliphatic carbocycles. The fourth-order valence-corrected chi connectivity index (χ4v) is 6.74. The average Bonchev–Trinajstić information content (AvgIpc) is 2.95. The highest BCUT2D eigenvalue weighted by molar-refractivity contribution is 5.74. The molecule has 2 aliphatic rings. The maximum atomic E-state index is 15.4. The highest BCUT2D eigenvalue weighted by Gasteiger charge is 2.48. The van der Waals surface area contributed by atoms with Crippen molar-refractivity contribution in [3.63, 3.8) is 0 Å². The van der Waals surface area contributed by atoms with Gasteiger partial charge in [-0.25, -0.2) is 4.39 Å². The van der Waals surface area contributed by atoms with Crippen molar-refractivity contribution in [3.8, 4) is 5.75 Å². The van der Waals surface area contributed by atoms with E-state index in [4.69, 9.17) is 9.47 Å². The van der Waals surface area contributed by atoms with Gasteiger partial charge in [0.15, 0.2) is 0 Å². The third-order valence-electron chi connectivity index (χ3n) is 9.38. The molecule has 2 aromatic rings. The highest BCUT2D eigenvalue weighted by atomic mass is 19.4. The summed E-state index contributed by atoms with van der Waals surface area (Å²) in [5, 5.41) is 9.27. The van der Waals surface area contributed by atoms with Crippen LogP contribution in [0.1, 0.15) is 82.9 Å². The zero-order valence-electron chi connectivity index (χ0n) is 26.4. The topological polar surface area (TPSA) is 59.0 Å². The van der Waals surface area contributed by atoms with Gasteiger partial charge in [-0.1, -0.05) is 30.3 Å². The molecule has 0 aromatic heterocycles. The SMILES string of the molecule is COc1ccc([C@]2(CCN(Cc3ccc(C4=CCC(C(=O)O)CC4)c(F)c3)CC(C)(C)C(F)(F)F)CCOC(C)(C)C2)cc1. The fourth-order valence-electron chi connectivity index (χ4n) is 6.74. The normalized spacial score (nSPS) is 22.5. The number of carboxylic acid groups (broad SMARTS) is 1. The number of hydrogen-bond donors (Lipinski definition) is 1. The van der Waals surface area contributed by atoms with Crippen molar-refractivity contribution in [2.24, 2.45) is 11.3 Å². The number of rotatable bonds is 11. The molecule has 0 radical (unpaired) electrons. The second kappa shape index (κ2) is 13.2. The van der Waals surface area contributed by atoms with Gasteiger partial charge in [0, 0.05) is 30.7 Å². The van der Waals surface area contributed by atoms with E-state index >= 15 is 4.39 Å². The molecule has 1 aliphatic heterocycles. The Morgan fingerprint density at radius 2 is 1.84 bits per heavy atom. The quantitative estimate of drug-likeness (QED) is 0.256. The summed E-state index contributed by atoms with van der Waals surface area (Å²) in [6.45, 7) is 7.36. The molecule has 1 saturated heterocycles. The molecular weight excluding hydrogens is 574 g/mol. The summed E-state index contributed by atoms with van der Waals surface area (Å²) in [4.78, 5) is 13.1. The maximum Gasteiger partial charge on any atom is 0.395 e. The van der Waals surface area contributed by atoms with Crippen LogP contribution in [0.15, 0.2) is 48.5 Å². The van der Waals surface area contributed by atoms with Gasteiger partial charge in [0.25, 0.3) is 0 Å². The summed E-state index contributed by atoms with van der Waals surface area (Å²) >= 11 is 0. The van der Waals surface area contributed by atoms with Crippen molar-refractivity contribution in [3.05, 3.63) is 71.0 Å². The van der Waals surface area contributed by atoms with E-state index in [0.29, 0.717) is 56.4 Å². The lowest BCUT2D eigenvalue weighted by atomic mass is 9.67. The van der Waals surface area contributed by atoms with Crippen molar-refractivity contribution in [2.45, 2.75) is 90.0 Å². The Balaban J connectivity index is 1.60. The third kappa shape index (κ3) is 8.02. The van der Waals surface area contributed by atoms with Crippen LogP contribution in [0.25, 0.3) is 5.57 Å². The van der Waals surface area contributed by atoms with Crippen LogP contribution >= 0.6 is 0 Å². The summed E-state index contributed by atoms with van der Waals surface area (Å²) in [5.41, 5.74) is 0.200. The number of carbonyl (C=O) groups is 1. The molecular formula is C35H45F4NO4. The first-order chi connectivity index (χ1) is 20.5. The number of benzene rings is 2. The summed E-state index contributed by atoms with van der Waals surface area (Å²) in [6.07, 6.45) is 0.697. The Labute approximate surface area is 258 Å². The molecule has 9 heteroatoms. The monoisotopic (exact) mass is 619 g/mol. The van der Waals surface area contributed by atoms with Crippen LogP contribution in [-0.4, -0.2) is 54.6 Å². The van der Waals surface area contributed by atoms with E-state index in [0.717, 1.165) is 23.3 Å². The van der Waals surface area contributed by atoms with Crippen molar-refractivity contribution < 1.29 is 36.9 Å². The van der Waals surface area contributed by atoms with Crippen LogP contribution in [0.2, 0.25) is 0 Å². The Morgan fingerprint density at radius 1 is 1.14 bits per heavy atom. The van der Waals surface area contributed by atoms with Crippen LogP contribution in [0, 0.1) is 17.2 Å². The Kier molecular flexibility index (Phi) is 10.2. The predicted octanol–water partition coefficient (Wildman–Crippen LogP) is 8.41. The lowest BCUT2D eigenvalue weighted by Crippen LogP contribution is -2.47.